The second-order valence-corrected chi connectivity index (χ2v) is 7.16. The first-order chi connectivity index (χ1) is 13.8. The average Bonchev–Trinajstić information content (AvgIpc) is 3.13. The fraction of sp³-hybridized carbons (Fsp3) is 0.350. The summed E-state index contributed by atoms with van der Waals surface area (Å²) in [5, 5.41) is 15.7. The van der Waals surface area contributed by atoms with E-state index in [4.69, 9.17) is 9.47 Å². The normalized spacial score (nSPS) is 10.8. The Morgan fingerprint density at radius 1 is 1.04 bits per heavy atom. The molecular weight excluding hydrogens is 374 g/mol. The Morgan fingerprint density at radius 3 is 2.64 bits per heavy atom. The van der Waals surface area contributed by atoms with Gasteiger partial charge < -0.3 is 14.8 Å². The monoisotopic (exact) mass is 399 g/mol. The summed E-state index contributed by atoms with van der Waals surface area (Å²) >= 11 is 1.63. The number of hydrogen-bond acceptors (Lipinski definition) is 7. The first-order valence-electron chi connectivity index (χ1n) is 9.24. The topological polar surface area (TPSA) is 74.1 Å². The van der Waals surface area contributed by atoms with Crippen molar-refractivity contribution >= 4 is 11.8 Å². The Bertz CT molecular complexity index is 857. The Labute approximate surface area is 169 Å². The molecule has 0 radical (unpaired) electrons. The van der Waals surface area contributed by atoms with Crippen molar-refractivity contribution < 1.29 is 9.47 Å². The van der Waals surface area contributed by atoms with Crippen LogP contribution in [-0.2, 0) is 20.2 Å². The van der Waals surface area contributed by atoms with E-state index in [1.54, 1.807) is 16.4 Å². The van der Waals surface area contributed by atoms with Crippen molar-refractivity contribution in [3.63, 3.8) is 0 Å². The lowest BCUT2D eigenvalue weighted by Crippen LogP contribution is -2.17. The zero-order chi connectivity index (χ0) is 19.6. The minimum absolute atomic E-state index is 0.520. The number of tetrazole rings is 1. The molecule has 0 spiro atoms. The van der Waals surface area contributed by atoms with Crippen LogP contribution >= 0.6 is 11.8 Å². The predicted molar refractivity (Wildman–Crippen MR) is 110 cm³/mol. The second kappa shape index (κ2) is 10.7. The number of aromatic nitrogens is 4. The van der Waals surface area contributed by atoms with Gasteiger partial charge in [0.15, 0.2) is 11.5 Å². The summed E-state index contributed by atoms with van der Waals surface area (Å²) in [7, 11) is 1.84. The van der Waals surface area contributed by atoms with E-state index >= 15 is 0 Å². The van der Waals surface area contributed by atoms with Crippen LogP contribution in [0.1, 0.15) is 18.1 Å². The third kappa shape index (κ3) is 5.97. The molecule has 1 heterocycles. The molecule has 1 N–H and O–H groups in total. The van der Waals surface area contributed by atoms with Crippen LogP contribution in [0, 0.1) is 0 Å². The van der Waals surface area contributed by atoms with E-state index in [9.17, 15) is 0 Å². The van der Waals surface area contributed by atoms with Crippen molar-refractivity contribution in [2.75, 3.05) is 18.9 Å². The van der Waals surface area contributed by atoms with Crippen molar-refractivity contribution in [3.8, 4) is 11.5 Å². The van der Waals surface area contributed by atoms with Crippen LogP contribution < -0.4 is 14.8 Å². The molecule has 8 heteroatoms. The van der Waals surface area contributed by atoms with Crippen molar-refractivity contribution in [3.05, 3.63) is 59.7 Å². The molecule has 1 aromatic heterocycles. The van der Waals surface area contributed by atoms with E-state index in [1.807, 2.05) is 56.4 Å². The highest BCUT2D eigenvalue weighted by Gasteiger charge is 2.07. The van der Waals surface area contributed by atoms with Gasteiger partial charge in [0.2, 0.25) is 5.16 Å². The van der Waals surface area contributed by atoms with Gasteiger partial charge in [0.25, 0.3) is 0 Å². The molecule has 0 atom stereocenters. The molecule has 0 unspecified atom stereocenters. The maximum Gasteiger partial charge on any atom is 0.209 e. The van der Waals surface area contributed by atoms with Crippen molar-refractivity contribution in [1.29, 1.82) is 0 Å². The molecule has 0 aliphatic heterocycles. The molecule has 2 aromatic carbocycles. The summed E-state index contributed by atoms with van der Waals surface area (Å²) in [5.41, 5.74) is 2.28. The molecular formula is C20H25N5O2S. The molecule has 3 aromatic rings. The van der Waals surface area contributed by atoms with Gasteiger partial charge in [-0.1, -0.05) is 48.2 Å². The molecule has 3 rings (SSSR count). The fourth-order valence-electron chi connectivity index (χ4n) is 2.58. The van der Waals surface area contributed by atoms with Crippen LogP contribution in [0.5, 0.6) is 11.5 Å². The largest absolute Gasteiger partial charge is 0.490 e. The Hall–Kier alpha value is -2.58. The van der Waals surface area contributed by atoms with Crippen molar-refractivity contribution in [2.24, 2.45) is 7.05 Å². The molecule has 0 aliphatic rings. The summed E-state index contributed by atoms with van der Waals surface area (Å²) in [4.78, 5) is 0. The van der Waals surface area contributed by atoms with E-state index < -0.39 is 0 Å². The van der Waals surface area contributed by atoms with E-state index in [-0.39, 0.29) is 0 Å². The summed E-state index contributed by atoms with van der Waals surface area (Å²) in [6.45, 7) is 4.71. The number of rotatable bonds is 11. The van der Waals surface area contributed by atoms with Crippen LogP contribution in [-0.4, -0.2) is 39.1 Å². The molecule has 0 fully saturated rings. The molecule has 0 amide bonds. The Kier molecular flexibility index (Phi) is 7.69. The third-order valence-corrected chi connectivity index (χ3v) is 4.98. The number of aryl methyl sites for hydroxylation is 1. The van der Waals surface area contributed by atoms with E-state index in [0.29, 0.717) is 13.2 Å². The van der Waals surface area contributed by atoms with Crippen LogP contribution in [0.15, 0.2) is 53.7 Å². The molecule has 0 saturated heterocycles. The minimum Gasteiger partial charge on any atom is -0.490 e. The SMILES string of the molecule is CCOc1cc(CNCCSc2nnnn2C)ccc1OCc1ccccc1. The smallest absolute Gasteiger partial charge is 0.209 e. The summed E-state index contributed by atoms with van der Waals surface area (Å²) in [6.07, 6.45) is 0. The van der Waals surface area contributed by atoms with Gasteiger partial charge in [-0.25, -0.2) is 4.68 Å². The van der Waals surface area contributed by atoms with Gasteiger partial charge in [-0.05, 0) is 40.6 Å². The zero-order valence-corrected chi connectivity index (χ0v) is 17.0. The molecule has 0 bridgehead atoms. The highest BCUT2D eigenvalue weighted by Crippen LogP contribution is 2.29. The fourth-order valence-corrected chi connectivity index (χ4v) is 3.32. The van der Waals surface area contributed by atoms with Crippen LogP contribution in [0.3, 0.4) is 0 Å². The Morgan fingerprint density at radius 2 is 1.89 bits per heavy atom. The van der Waals surface area contributed by atoms with Gasteiger partial charge in [-0.3, -0.25) is 0 Å². The highest BCUT2D eigenvalue weighted by atomic mass is 32.2. The van der Waals surface area contributed by atoms with E-state index in [0.717, 1.165) is 46.6 Å². The van der Waals surface area contributed by atoms with Gasteiger partial charge in [0.05, 0.1) is 6.61 Å². The number of hydrogen-bond donors (Lipinski definition) is 1. The van der Waals surface area contributed by atoms with Crippen molar-refractivity contribution in [2.45, 2.75) is 25.2 Å². The quantitative estimate of drug-likeness (QED) is 0.392. The zero-order valence-electron chi connectivity index (χ0n) is 16.2. The Balaban J connectivity index is 1.49. The standard InChI is InChI=1S/C20H25N5O2S/c1-3-26-19-13-17(14-21-11-12-28-20-22-23-24-25(20)2)9-10-18(19)27-15-16-7-5-4-6-8-16/h4-10,13,21H,3,11-12,14-15H2,1-2H3. The lowest BCUT2D eigenvalue weighted by molar-refractivity contribution is 0.269. The summed E-state index contributed by atoms with van der Waals surface area (Å²) in [5.74, 6) is 2.43. The first kappa shape index (κ1) is 20.2. The summed E-state index contributed by atoms with van der Waals surface area (Å²) < 4.78 is 13.4. The van der Waals surface area contributed by atoms with Gasteiger partial charge in [-0.2, -0.15) is 0 Å². The second-order valence-electron chi connectivity index (χ2n) is 6.10. The number of nitrogens with one attached hydrogen (secondary N) is 1. The molecule has 0 saturated carbocycles. The molecule has 0 aliphatic carbocycles. The number of ether oxygens (including phenoxy) is 2. The number of benzene rings is 2. The minimum atomic E-state index is 0.520. The number of thioether (sulfide) groups is 1. The molecule has 28 heavy (non-hydrogen) atoms. The van der Waals surface area contributed by atoms with Crippen LogP contribution in [0.2, 0.25) is 0 Å². The molecule has 7 nitrogen and oxygen atoms in total. The average molecular weight is 400 g/mol. The van der Waals surface area contributed by atoms with E-state index in [1.165, 1.54) is 0 Å². The highest BCUT2D eigenvalue weighted by molar-refractivity contribution is 7.99. The van der Waals surface area contributed by atoms with Gasteiger partial charge >= 0.3 is 0 Å². The van der Waals surface area contributed by atoms with Gasteiger partial charge in [0, 0.05) is 25.9 Å². The third-order valence-electron chi connectivity index (χ3n) is 3.97. The van der Waals surface area contributed by atoms with Gasteiger partial charge in [0.1, 0.15) is 6.61 Å². The first-order valence-corrected chi connectivity index (χ1v) is 10.2. The van der Waals surface area contributed by atoms with Crippen molar-refractivity contribution in [1.82, 2.24) is 25.5 Å². The number of nitrogens with zero attached hydrogens (tertiary/aromatic N) is 4. The maximum absolute atomic E-state index is 5.96. The lowest BCUT2D eigenvalue weighted by atomic mass is 10.2. The predicted octanol–water partition coefficient (Wildman–Crippen LogP) is 3.07. The van der Waals surface area contributed by atoms with Crippen LogP contribution in [0.4, 0.5) is 0 Å². The maximum atomic E-state index is 5.96. The summed E-state index contributed by atoms with van der Waals surface area (Å²) in [6, 6.07) is 16.2. The van der Waals surface area contributed by atoms with Gasteiger partial charge in [-0.15, -0.1) is 5.10 Å². The van der Waals surface area contributed by atoms with E-state index in [2.05, 4.69) is 26.9 Å². The molecule has 148 valence electrons. The van der Waals surface area contributed by atoms with Crippen LogP contribution in [0.25, 0.3) is 0 Å². The lowest BCUT2D eigenvalue weighted by Gasteiger charge is -2.14.